The quantitative estimate of drug-likeness (QED) is 0.848. The Morgan fingerprint density at radius 1 is 1.29 bits per heavy atom. The molecule has 21 heavy (non-hydrogen) atoms. The van der Waals surface area contributed by atoms with E-state index in [4.69, 9.17) is 4.74 Å². The molecule has 1 aliphatic rings. The summed E-state index contributed by atoms with van der Waals surface area (Å²) >= 11 is 0. The topological polar surface area (TPSA) is 55.4 Å². The Morgan fingerprint density at radius 3 is 2.67 bits per heavy atom. The molecule has 1 fully saturated rings. The molecular weight excluding hydrogens is 266 g/mol. The zero-order chi connectivity index (χ0) is 15.2. The maximum Gasteiger partial charge on any atom is 0.258 e. The molecule has 0 aromatic heterocycles. The van der Waals surface area contributed by atoms with Gasteiger partial charge in [-0.1, -0.05) is 26.7 Å². The third kappa shape index (κ3) is 4.31. The van der Waals surface area contributed by atoms with Crippen LogP contribution < -0.4 is 10.1 Å². The van der Waals surface area contributed by atoms with Gasteiger partial charge in [0.25, 0.3) is 5.91 Å². The molecule has 1 aromatic carbocycles. The predicted octanol–water partition coefficient (Wildman–Crippen LogP) is 2.82. The Balaban J connectivity index is 1.80. The first-order valence-electron chi connectivity index (χ1n) is 7.57. The molecule has 0 heterocycles. The van der Waals surface area contributed by atoms with E-state index in [-0.39, 0.29) is 18.6 Å². The van der Waals surface area contributed by atoms with Gasteiger partial charge in [0, 0.05) is 11.6 Å². The Bertz CT molecular complexity index is 483. The van der Waals surface area contributed by atoms with Gasteiger partial charge in [-0.15, -0.1) is 0 Å². The van der Waals surface area contributed by atoms with Crippen molar-refractivity contribution < 1.29 is 14.3 Å². The van der Waals surface area contributed by atoms with Crippen molar-refractivity contribution in [3.8, 4) is 5.75 Å². The fraction of sp³-hybridized carbons (Fsp3) is 0.529. The molecule has 1 N–H and O–H groups in total. The summed E-state index contributed by atoms with van der Waals surface area (Å²) in [4.78, 5) is 22.5. The van der Waals surface area contributed by atoms with Gasteiger partial charge >= 0.3 is 0 Å². The van der Waals surface area contributed by atoms with Crippen molar-refractivity contribution >= 4 is 12.2 Å². The summed E-state index contributed by atoms with van der Waals surface area (Å²) in [6.45, 7) is 4.46. The molecule has 3 atom stereocenters. The zero-order valence-electron chi connectivity index (χ0n) is 12.7. The molecule has 114 valence electrons. The molecule has 1 aliphatic carbocycles. The second-order valence-corrected chi connectivity index (χ2v) is 5.92. The first-order valence-corrected chi connectivity index (χ1v) is 7.57. The van der Waals surface area contributed by atoms with Crippen molar-refractivity contribution in [1.29, 1.82) is 0 Å². The molecule has 2 rings (SSSR count). The monoisotopic (exact) mass is 289 g/mol. The van der Waals surface area contributed by atoms with Crippen LogP contribution in [0, 0.1) is 11.8 Å². The predicted molar refractivity (Wildman–Crippen MR) is 81.4 cm³/mol. The van der Waals surface area contributed by atoms with Crippen LogP contribution in [-0.4, -0.2) is 24.8 Å². The fourth-order valence-electron chi connectivity index (χ4n) is 2.83. The Kier molecular flexibility index (Phi) is 5.37. The molecule has 4 nitrogen and oxygen atoms in total. The van der Waals surface area contributed by atoms with E-state index in [1.807, 2.05) is 0 Å². The average Bonchev–Trinajstić information content (AvgIpc) is 2.50. The van der Waals surface area contributed by atoms with Crippen molar-refractivity contribution in [2.24, 2.45) is 11.8 Å². The molecule has 0 aliphatic heterocycles. The van der Waals surface area contributed by atoms with Crippen LogP contribution in [0.1, 0.15) is 43.5 Å². The third-order valence-corrected chi connectivity index (χ3v) is 4.44. The second-order valence-electron chi connectivity index (χ2n) is 5.92. The van der Waals surface area contributed by atoms with E-state index in [1.165, 1.54) is 12.8 Å². The summed E-state index contributed by atoms with van der Waals surface area (Å²) in [5.74, 6) is 1.68. The normalized spacial score (nSPS) is 25.1. The molecule has 0 radical (unpaired) electrons. The number of hydrogen-bond donors (Lipinski definition) is 1. The van der Waals surface area contributed by atoms with E-state index in [0.29, 0.717) is 23.1 Å². The highest BCUT2D eigenvalue weighted by Crippen LogP contribution is 2.29. The van der Waals surface area contributed by atoms with Crippen LogP contribution in [0.25, 0.3) is 0 Å². The van der Waals surface area contributed by atoms with Gasteiger partial charge in [-0.3, -0.25) is 9.59 Å². The smallest absolute Gasteiger partial charge is 0.258 e. The second kappa shape index (κ2) is 7.25. The van der Waals surface area contributed by atoms with Crippen LogP contribution in [0.5, 0.6) is 5.75 Å². The lowest BCUT2D eigenvalue weighted by Crippen LogP contribution is -2.45. The van der Waals surface area contributed by atoms with E-state index < -0.39 is 0 Å². The molecule has 1 saturated carbocycles. The summed E-state index contributed by atoms with van der Waals surface area (Å²) < 4.78 is 5.44. The number of aldehydes is 1. The minimum atomic E-state index is -0.0830. The fourth-order valence-corrected chi connectivity index (χ4v) is 2.83. The number of carbonyl (C=O) groups excluding carboxylic acids is 2. The van der Waals surface area contributed by atoms with Crippen LogP contribution in [0.4, 0.5) is 0 Å². The Morgan fingerprint density at radius 2 is 2.00 bits per heavy atom. The zero-order valence-corrected chi connectivity index (χ0v) is 12.7. The summed E-state index contributed by atoms with van der Waals surface area (Å²) in [5.41, 5.74) is 0.594. The summed E-state index contributed by atoms with van der Waals surface area (Å²) in [6, 6.07) is 6.99. The molecule has 1 aromatic rings. The van der Waals surface area contributed by atoms with Gasteiger partial charge in [0.05, 0.1) is 0 Å². The van der Waals surface area contributed by atoms with Crippen molar-refractivity contribution in [2.75, 3.05) is 6.61 Å². The number of nitrogens with one attached hydrogen (secondary N) is 1. The molecule has 0 spiro atoms. The van der Waals surface area contributed by atoms with E-state index in [9.17, 15) is 9.59 Å². The SMILES string of the molecule is CC1CCCC(NC(=O)COc2ccc(C=O)cc2)C1C. The average molecular weight is 289 g/mol. The van der Waals surface area contributed by atoms with E-state index in [1.54, 1.807) is 24.3 Å². The maximum atomic E-state index is 12.0. The summed E-state index contributed by atoms with van der Waals surface area (Å²) in [5, 5.41) is 3.07. The molecule has 4 heteroatoms. The van der Waals surface area contributed by atoms with E-state index >= 15 is 0 Å². The minimum Gasteiger partial charge on any atom is -0.484 e. The van der Waals surface area contributed by atoms with E-state index in [2.05, 4.69) is 19.2 Å². The van der Waals surface area contributed by atoms with E-state index in [0.717, 1.165) is 12.7 Å². The van der Waals surface area contributed by atoms with Crippen LogP contribution in [-0.2, 0) is 4.79 Å². The summed E-state index contributed by atoms with van der Waals surface area (Å²) in [7, 11) is 0. The number of amides is 1. The largest absolute Gasteiger partial charge is 0.484 e. The number of benzene rings is 1. The number of rotatable bonds is 5. The summed E-state index contributed by atoms with van der Waals surface area (Å²) in [6.07, 6.45) is 4.24. The van der Waals surface area contributed by atoms with Crippen molar-refractivity contribution in [3.05, 3.63) is 29.8 Å². The third-order valence-electron chi connectivity index (χ3n) is 4.44. The van der Waals surface area contributed by atoms with Crippen LogP contribution >= 0.6 is 0 Å². The van der Waals surface area contributed by atoms with Gasteiger partial charge in [-0.2, -0.15) is 0 Å². The minimum absolute atomic E-state index is 0.0119. The number of hydrogen-bond acceptors (Lipinski definition) is 3. The molecule has 0 bridgehead atoms. The Labute approximate surface area is 125 Å². The highest BCUT2D eigenvalue weighted by atomic mass is 16.5. The first-order chi connectivity index (χ1) is 10.1. The lowest BCUT2D eigenvalue weighted by Gasteiger charge is -2.34. The van der Waals surface area contributed by atoms with Crippen molar-refractivity contribution in [1.82, 2.24) is 5.32 Å². The van der Waals surface area contributed by atoms with Crippen molar-refractivity contribution in [3.63, 3.8) is 0 Å². The van der Waals surface area contributed by atoms with Crippen LogP contribution in [0.2, 0.25) is 0 Å². The van der Waals surface area contributed by atoms with Crippen molar-refractivity contribution in [2.45, 2.75) is 39.2 Å². The number of carbonyl (C=O) groups is 2. The molecule has 0 saturated heterocycles. The lowest BCUT2D eigenvalue weighted by molar-refractivity contribution is -0.124. The van der Waals surface area contributed by atoms with Crippen LogP contribution in [0.15, 0.2) is 24.3 Å². The lowest BCUT2D eigenvalue weighted by atomic mass is 9.78. The first kappa shape index (κ1) is 15.5. The Hall–Kier alpha value is -1.84. The van der Waals surface area contributed by atoms with Crippen LogP contribution in [0.3, 0.4) is 0 Å². The van der Waals surface area contributed by atoms with Gasteiger partial charge in [0.2, 0.25) is 0 Å². The van der Waals surface area contributed by atoms with Gasteiger partial charge < -0.3 is 10.1 Å². The molecular formula is C17H23NO3. The van der Waals surface area contributed by atoms with Gasteiger partial charge in [-0.05, 0) is 42.5 Å². The molecule has 1 amide bonds. The molecule has 3 unspecified atom stereocenters. The highest BCUT2D eigenvalue weighted by Gasteiger charge is 2.28. The van der Waals surface area contributed by atoms with Gasteiger partial charge in [-0.25, -0.2) is 0 Å². The maximum absolute atomic E-state index is 12.0. The highest BCUT2D eigenvalue weighted by molar-refractivity contribution is 5.78. The standard InChI is InChI=1S/C17H23NO3/c1-12-4-3-5-16(13(12)2)18-17(20)11-21-15-8-6-14(10-19)7-9-15/h6-10,12-13,16H,3-5,11H2,1-2H3,(H,18,20). The van der Waals surface area contributed by atoms with Gasteiger partial charge in [0.15, 0.2) is 6.61 Å². The number of ether oxygens (including phenoxy) is 1. The van der Waals surface area contributed by atoms with Gasteiger partial charge in [0.1, 0.15) is 12.0 Å².